The Balaban J connectivity index is 1.39. The van der Waals surface area contributed by atoms with Crippen LogP contribution >= 0.6 is 11.6 Å². The number of hydrogen-bond donors (Lipinski definition) is 4. The molecule has 4 N–H and O–H groups in total. The van der Waals surface area contributed by atoms with Gasteiger partial charge in [-0.05, 0) is 55.7 Å². The van der Waals surface area contributed by atoms with Crippen LogP contribution in [0.2, 0.25) is 5.02 Å². The molecule has 1 saturated carbocycles. The van der Waals surface area contributed by atoms with Crippen molar-refractivity contribution in [2.75, 3.05) is 19.7 Å². The van der Waals surface area contributed by atoms with Gasteiger partial charge in [0.15, 0.2) is 5.78 Å². The fourth-order valence-corrected chi connectivity index (χ4v) is 6.26. The number of aromatic nitrogens is 1. The highest BCUT2D eigenvalue weighted by molar-refractivity contribution is 6.35. The Morgan fingerprint density at radius 2 is 2.06 bits per heavy atom. The van der Waals surface area contributed by atoms with Crippen molar-refractivity contribution in [3.8, 4) is 0 Å². The third kappa shape index (κ3) is 4.43. The first-order valence-electron chi connectivity index (χ1n) is 12.2. The third-order valence-corrected chi connectivity index (χ3v) is 8.13. The molecule has 1 aromatic heterocycles. The molecule has 3 aliphatic rings. The van der Waals surface area contributed by atoms with E-state index in [0.717, 1.165) is 30.2 Å². The zero-order valence-corrected chi connectivity index (χ0v) is 20.0. The Hall–Kier alpha value is -2.91. The largest absolute Gasteiger partial charge is 0.389 e. The summed E-state index contributed by atoms with van der Waals surface area (Å²) in [6.07, 6.45) is 3.47. The fraction of sp³-hybridized carbons (Fsp3) is 0.520. The molecule has 35 heavy (non-hydrogen) atoms. The number of likely N-dealkylation sites (tertiary alicyclic amines) is 1. The number of aliphatic hydroxyl groups is 1. The Kier molecular flexibility index (Phi) is 6.55. The minimum Gasteiger partial charge on any atom is -0.389 e. The van der Waals surface area contributed by atoms with Crippen molar-refractivity contribution in [3.63, 3.8) is 0 Å². The van der Waals surface area contributed by atoms with Gasteiger partial charge in [0.05, 0.1) is 6.04 Å². The van der Waals surface area contributed by atoms with Crippen molar-refractivity contribution >= 4 is 46.0 Å². The molecule has 0 bridgehead atoms. The molecule has 0 unspecified atom stereocenters. The molecule has 3 amide bonds. The van der Waals surface area contributed by atoms with Crippen molar-refractivity contribution in [2.24, 2.45) is 17.8 Å². The molecular weight excluding hydrogens is 472 g/mol. The van der Waals surface area contributed by atoms with Crippen LogP contribution in [0.1, 0.15) is 42.6 Å². The fourth-order valence-electron chi connectivity index (χ4n) is 6.03. The standard InChI is InChI=1S/C25H29ClN4O5/c26-17-5-2-6-18-16(17)10-20(28-18)25(35)30-11-14-3-1-4-15(14)22(30)24(34)29-19(21(32)12-31)9-13-7-8-27-23(13)33/h2,5-6,10,13-15,19,22,28,31H,1,3-4,7-9,11-12H2,(H,27,33)(H,29,34)/t13-,14-,15-,19-,22-/m0/s1. The van der Waals surface area contributed by atoms with E-state index in [9.17, 15) is 24.3 Å². The van der Waals surface area contributed by atoms with Crippen LogP contribution in [0, 0.1) is 17.8 Å². The first kappa shape index (κ1) is 23.8. The lowest BCUT2D eigenvalue weighted by Crippen LogP contribution is -2.53. The number of rotatable bonds is 7. The maximum absolute atomic E-state index is 13.6. The summed E-state index contributed by atoms with van der Waals surface area (Å²) in [6.45, 7) is 0.267. The van der Waals surface area contributed by atoms with Crippen LogP contribution in [0.15, 0.2) is 24.3 Å². The van der Waals surface area contributed by atoms with E-state index in [-0.39, 0.29) is 30.1 Å². The van der Waals surface area contributed by atoms with Gasteiger partial charge in [0, 0.05) is 34.9 Å². The number of aromatic amines is 1. The highest BCUT2D eigenvalue weighted by Gasteiger charge is 2.50. The molecule has 5 rings (SSSR count). The Bertz CT molecular complexity index is 1180. The topological polar surface area (TPSA) is 132 Å². The summed E-state index contributed by atoms with van der Waals surface area (Å²) in [6, 6.07) is 5.40. The number of carbonyl (C=O) groups excluding carboxylic acids is 4. The summed E-state index contributed by atoms with van der Waals surface area (Å²) < 4.78 is 0. The Morgan fingerprint density at radius 3 is 2.77 bits per heavy atom. The molecule has 2 aromatic rings. The molecule has 9 nitrogen and oxygen atoms in total. The lowest BCUT2D eigenvalue weighted by atomic mass is 9.92. The summed E-state index contributed by atoms with van der Waals surface area (Å²) in [5.41, 5.74) is 1.10. The number of nitrogens with one attached hydrogen (secondary N) is 3. The number of Topliss-reactive ketones (excluding diaryl/α,β-unsaturated/α-hetero) is 1. The van der Waals surface area contributed by atoms with Crippen molar-refractivity contribution in [1.29, 1.82) is 0 Å². The van der Waals surface area contributed by atoms with Crippen molar-refractivity contribution < 1.29 is 24.3 Å². The number of halogens is 1. The van der Waals surface area contributed by atoms with Crippen LogP contribution in [-0.2, 0) is 14.4 Å². The van der Waals surface area contributed by atoms with Gasteiger partial charge in [-0.3, -0.25) is 19.2 Å². The lowest BCUT2D eigenvalue weighted by molar-refractivity contribution is -0.133. The summed E-state index contributed by atoms with van der Waals surface area (Å²) >= 11 is 6.28. The van der Waals surface area contributed by atoms with Crippen molar-refractivity contribution in [2.45, 2.75) is 44.2 Å². The normalized spacial score (nSPS) is 26.6. The third-order valence-electron chi connectivity index (χ3n) is 7.81. The molecule has 186 valence electrons. The lowest BCUT2D eigenvalue weighted by Gasteiger charge is -2.29. The van der Waals surface area contributed by atoms with Gasteiger partial charge in [-0.15, -0.1) is 0 Å². The molecule has 5 atom stereocenters. The maximum Gasteiger partial charge on any atom is 0.271 e. The van der Waals surface area contributed by atoms with Crippen LogP contribution < -0.4 is 10.6 Å². The van der Waals surface area contributed by atoms with E-state index >= 15 is 0 Å². The second-order valence-corrected chi connectivity index (χ2v) is 10.2. The van der Waals surface area contributed by atoms with Gasteiger partial charge in [0.2, 0.25) is 11.8 Å². The van der Waals surface area contributed by atoms with Gasteiger partial charge >= 0.3 is 0 Å². The second kappa shape index (κ2) is 9.62. The first-order valence-corrected chi connectivity index (χ1v) is 12.5. The maximum atomic E-state index is 13.6. The van der Waals surface area contributed by atoms with E-state index in [0.29, 0.717) is 30.2 Å². The average Bonchev–Trinajstić information content (AvgIpc) is 3.61. The van der Waals surface area contributed by atoms with Gasteiger partial charge in [0.1, 0.15) is 18.3 Å². The van der Waals surface area contributed by atoms with Crippen molar-refractivity contribution in [1.82, 2.24) is 20.5 Å². The molecule has 0 spiro atoms. The summed E-state index contributed by atoms with van der Waals surface area (Å²) in [4.78, 5) is 56.4. The number of carbonyl (C=O) groups is 4. The number of ketones is 1. The van der Waals surface area contributed by atoms with Crippen LogP contribution in [0.5, 0.6) is 0 Å². The van der Waals surface area contributed by atoms with E-state index < -0.39 is 36.3 Å². The SMILES string of the molecule is O=C1NCC[C@H]1C[C@H](NC(=O)[C@@H]1[C@H]2CCC[C@H]2CN1C(=O)c1cc2c(Cl)cccc2[nH]1)C(=O)CO. The molecule has 2 saturated heterocycles. The van der Waals surface area contributed by atoms with E-state index in [4.69, 9.17) is 11.6 Å². The van der Waals surface area contributed by atoms with Gasteiger partial charge in [-0.2, -0.15) is 0 Å². The van der Waals surface area contributed by atoms with Gasteiger partial charge < -0.3 is 25.6 Å². The smallest absolute Gasteiger partial charge is 0.271 e. The van der Waals surface area contributed by atoms with Gasteiger partial charge in [-0.25, -0.2) is 0 Å². The molecule has 1 aliphatic carbocycles. The van der Waals surface area contributed by atoms with E-state index in [1.54, 1.807) is 23.1 Å². The number of aliphatic hydroxyl groups excluding tert-OH is 1. The number of benzene rings is 1. The second-order valence-electron chi connectivity index (χ2n) is 9.84. The molecular formula is C25H29ClN4O5. The van der Waals surface area contributed by atoms with Crippen LogP contribution in [0.25, 0.3) is 10.9 Å². The van der Waals surface area contributed by atoms with Crippen LogP contribution in [0.4, 0.5) is 0 Å². The molecule has 3 heterocycles. The molecule has 3 fully saturated rings. The highest BCUT2D eigenvalue weighted by Crippen LogP contribution is 2.43. The summed E-state index contributed by atoms with van der Waals surface area (Å²) in [5, 5.41) is 16.3. The van der Waals surface area contributed by atoms with E-state index in [1.165, 1.54) is 0 Å². The minimum atomic E-state index is -0.981. The molecule has 2 aliphatic heterocycles. The molecule has 1 aromatic carbocycles. The quantitative estimate of drug-likeness (QED) is 0.459. The Morgan fingerprint density at radius 1 is 1.23 bits per heavy atom. The number of hydrogen-bond acceptors (Lipinski definition) is 5. The van der Waals surface area contributed by atoms with Crippen LogP contribution in [-0.4, -0.2) is 70.3 Å². The minimum absolute atomic E-state index is 0.00609. The van der Waals surface area contributed by atoms with Gasteiger partial charge in [0.25, 0.3) is 5.91 Å². The van der Waals surface area contributed by atoms with Crippen molar-refractivity contribution in [3.05, 3.63) is 35.0 Å². The number of nitrogens with zero attached hydrogens (tertiary/aromatic N) is 1. The average molecular weight is 501 g/mol. The number of H-pyrrole nitrogens is 1. The number of amides is 3. The van der Waals surface area contributed by atoms with E-state index in [2.05, 4.69) is 15.6 Å². The monoisotopic (exact) mass is 500 g/mol. The first-order chi connectivity index (χ1) is 16.9. The molecule has 10 heteroatoms. The van der Waals surface area contributed by atoms with Crippen LogP contribution in [0.3, 0.4) is 0 Å². The van der Waals surface area contributed by atoms with E-state index in [1.807, 2.05) is 6.07 Å². The zero-order valence-electron chi connectivity index (χ0n) is 19.3. The summed E-state index contributed by atoms with van der Waals surface area (Å²) in [7, 11) is 0. The zero-order chi connectivity index (χ0) is 24.7. The van der Waals surface area contributed by atoms with Gasteiger partial charge in [-0.1, -0.05) is 24.1 Å². The highest BCUT2D eigenvalue weighted by atomic mass is 35.5. The Labute approximate surface area is 207 Å². The summed E-state index contributed by atoms with van der Waals surface area (Å²) in [5.74, 6) is -1.56. The predicted octanol–water partition coefficient (Wildman–Crippen LogP) is 1.63. The number of fused-ring (bicyclic) bond motifs is 2. The molecule has 0 radical (unpaired) electrons. The predicted molar refractivity (Wildman–Crippen MR) is 129 cm³/mol.